The van der Waals surface area contributed by atoms with Crippen LogP contribution in [0, 0.1) is 5.92 Å². The van der Waals surface area contributed by atoms with E-state index in [0.29, 0.717) is 0 Å². The molecule has 1 unspecified atom stereocenters. The quantitative estimate of drug-likeness (QED) is 0.717. The van der Waals surface area contributed by atoms with Crippen molar-refractivity contribution in [2.24, 2.45) is 5.92 Å². The number of likely N-dealkylation sites (N-methyl/N-ethyl adjacent to an activating group) is 2. The Bertz CT molecular complexity index is 242. The molecule has 15 heavy (non-hydrogen) atoms. The van der Waals surface area contributed by atoms with E-state index in [1.165, 1.54) is 9.80 Å². The third-order valence-electron chi connectivity index (χ3n) is 2.13. The highest BCUT2D eigenvalue weighted by Crippen LogP contribution is 2.11. The third kappa shape index (κ3) is 4.55. The smallest absolute Gasteiger partial charge is 0.241 e. The molecule has 0 aliphatic heterocycles. The number of amides is 2. The molecular formula is C10H20N2O2S. The second kappa shape index (κ2) is 6.00. The predicted molar refractivity (Wildman–Crippen MR) is 63.9 cm³/mol. The Morgan fingerprint density at radius 2 is 1.67 bits per heavy atom. The molecule has 0 saturated carbocycles. The zero-order valence-electron chi connectivity index (χ0n) is 10.0. The van der Waals surface area contributed by atoms with Crippen molar-refractivity contribution in [1.82, 2.24) is 9.80 Å². The Labute approximate surface area is 97.0 Å². The van der Waals surface area contributed by atoms with Gasteiger partial charge < -0.3 is 9.80 Å². The Hall–Kier alpha value is -0.710. The molecule has 0 heterocycles. The molecule has 0 rings (SSSR count). The van der Waals surface area contributed by atoms with Gasteiger partial charge >= 0.3 is 0 Å². The zero-order valence-corrected chi connectivity index (χ0v) is 10.9. The SMILES string of the molecule is CC(C)C(S)C(=O)N(C)CC(=O)N(C)C. The van der Waals surface area contributed by atoms with Crippen molar-refractivity contribution in [2.45, 2.75) is 19.1 Å². The first-order valence-corrected chi connectivity index (χ1v) is 5.42. The molecule has 0 saturated heterocycles. The monoisotopic (exact) mass is 232 g/mol. The van der Waals surface area contributed by atoms with Gasteiger partial charge in [0.05, 0.1) is 11.8 Å². The number of rotatable bonds is 4. The number of carbonyl (C=O) groups is 2. The van der Waals surface area contributed by atoms with E-state index < -0.39 is 0 Å². The maximum absolute atomic E-state index is 11.7. The van der Waals surface area contributed by atoms with Crippen LogP contribution in [0.25, 0.3) is 0 Å². The molecule has 0 bridgehead atoms. The molecule has 0 N–H and O–H groups in total. The van der Waals surface area contributed by atoms with Crippen LogP contribution in [0.1, 0.15) is 13.8 Å². The molecule has 88 valence electrons. The first-order chi connectivity index (χ1) is 6.77. The lowest BCUT2D eigenvalue weighted by molar-refractivity contribution is -0.138. The Kier molecular flexibility index (Phi) is 5.72. The minimum Gasteiger partial charge on any atom is -0.347 e. The van der Waals surface area contributed by atoms with Gasteiger partial charge in [-0.2, -0.15) is 12.6 Å². The van der Waals surface area contributed by atoms with Gasteiger partial charge in [-0.15, -0.1) is 0 Å². The van der Waals surface area contributed by atoms with Gasteiger partial charge in [0, 0.05) is 21.1 Å². The van der Waals surface area contributed by atoms with Crippen LogP contribution in [-0.2, 0) is 9.59 Å². The fourth-order valence-electron chi connectivity index (χ4n) is 0.933. The first kappa shape index (κ1) is 14.3. The average molecular weight is 232 g/mol. The summed E-state index contributed by atoms with van der Waals surface area (Å²) in [5.41, 5.74) is 0. The number of nitrogens with zero attached hydrogens (tertiary/aromatic N) is 2. The second-order valence-corrected chi connectivity index (χ2v) is 4.73. The third-order valence-corrected chi connectivity index (χ3v) is 2.95. The van der Waals surface area contributed by atoms with Crippen molar-refractivity contribution in [3.63, 3.8) is 0 Å². The normalized spacial score (nSPS) is 12.5. The van der Waals surface area contributed by atoms with E-state index in [1.54, 1.807) is 21.1 Å². The molecule has 1 atom stereocenters. The summed E-state index contributed by atoms with van der Waals surface area (Å²) in [6.07, 6.45) is 0. The molecule has 0 aromatic rings. The molecule has 0 aromatic carbocycles. The largest absolute Gasteiger partial charge is 0.347 e. The Morgan fingerprint density at radius 1 is 1.20 bits per heavy atom. The lowest BCUT2D eigenvalue weighted by Gasteiger charge is -2.23. The standard InChI is InChI=1S/C10H20N2O2S/c1-7(2)9(15)10(14)12(5)6-8(13)11(3)4/h7,9,15H,6H2,1-5H3. The summed E-state index contributed by atoms with van der Waals surface area (Å²) in [5.74, 6) is -0.0311. The van der Waals surface area contributed by atoms with Gasteiger partial charge in [-0.25, -0.2) is 0 Å². The van der Waals surface area contributed by atoms with E-state index in [0.717, 1.165) is 0 Å². The Balaban J connectivity index is 4.28. The highest BCUT2D eigenvalue weighted by molar-refractivity contribution is 7.81. The molecule has 0 aliphatic rings. The van der Waals surface area contributed by atoms with Gasteiger partial charge in [-0.05, 0) is 5.92 Å². The molecule has 0 spiro atoms. The summed E-state index contributed by atoms with van der Waals surface area (Å²) >= 11 is 4.22. The zero-order chi connectivity index (χ0) is 12.2. The minimum absolute atomic E-state index is 0.0878. The molecule has 0 aromatic heterocycles. The average Bonchev–Trinajstić information content (AvgIpc) is 2.14. The lowest BCUT2D eigenvalue weighted by atomic mass is 10.1. The van der Waals surface area contributed by atoms with Crippen LogP contribution >= 0.6 is 12.6 Å². The molecule has 0 fully saturated rings. The van der Waals surface area contributed by atoms with Crippen LogP contribution in [0.5, 0.6) is 0 Å². The number of carbonyl (C=O) groups excluding carboxylic acids is 2. The van der Waals surface area contributed by atoms with Crippen LogP contribution in [0.3, 0.4) is 0 Å². The van der Waals surface area contributed by atoms with Crippen molar-refractivity contribution in [3.05, 3.63) is 0 Å². The summed E-state index contributed by atoms with van der Waals surface area (Å²) < 4.78 is 0. The van der Waals surface area contributed by atoms with E-state index in [2.05, 4.69) is 12.6 Å². The van der Waals surface area contributed by atoms with E-state index in [4.69, 9.17) is 0 Å². The van der Waals surface area contributed by atoms with Crippen LogP contribution in [0.2, 0.25) is 0 Å². The van der Waals surface area contributed by atoms with Crippen molar-refractivity contribution >= 4 is 24.4 Å². The van der Waals surface area contributed by atoms with Gasteiger partial charge in [0.15, 0.2) is 0 Å². The summed E-state index contributed by atoms with van der Waals surface area (Å²) in [4.78, 5) is 26.0. The molecule has 4 nitrogen and oxygen atoms in total. The lowest BCUT2D eigenvalue weighted by Crippen LogP contribution is -2.42. The van der Waals surface area contributed by atoms with Crippen LogP contribution in [0.4, 0.5) is 0 Å². The fraction of sp³-hybridized carbons (Fsp3) is 0.800. The number of thiol groups is 1. The fourth-order valence-corrected chi connectivity index (χ4v) is 1.13. The van der Waals surface area contributed by atoms with Crippen molar-refractivity contribution in [3.8, 4) is 0 Å². The van der Waals surface area contributed by atoms with E-state index in [1.807, 2.05) is 13.8 Å². The summed E-state index contributed by atoms with van der Waals surface area (Å²) in [7, 11) is 4.96. The van der Waals surface area contributed by atoms with E-state index in [-0.39, 0.29) is 29.5 Å². The van der Waals surface area contributed by atoms with Crippen LogP contribution in [0.15, 0.2) is 0 Å². The number of hydrogen-bond donors (Lipinski definition) is 1. The Morgan fingerprint density at radius 3 is 2.00 bits per heavy atom. The maximum Gasteiger partial charge on any atom is 0.241 e. The molecule has 0 radical (unpaired) electrons. The first-order valence-electron chi connectivity index (χ1n) is 4.90. The van der Waals surface area contributed by atoms with Gasteiger partial charge in [0.1, 0.15) is 0 Å². The van der Waals surface area contributed by atoms with Crippen molar-refractivity contribution in [1.29, 1.82) is 0 Å². The minimum atomic E-state index is -0.343. The summed E-state index contributed by atoms with van der Waals surface area (Å²) in [6, 6.07) is 0. The summed E-state index contributed by atoms with van der Waals surface area (Å²) in [6.45, 7) is 3.96. The van der Waals surface area contributed by atoms with Crippen molar-refractivity contribution < 1.29 is 9.59 Å². The predicted octanol–water partition coefficient (Wildman–Crippen LogP) is 0.487. The van der Waals surface area contributed by atoms with Gasteiger partial charge in [-0.1, -0.05) is 13.8 Å². The molecule has 5 heteroatoms. The van der Waals surface area contributed by atoms with Gasteiger partial charge in [-0.3, -0.25) is 9.59 Å². The highest BCUT2D eigenvalue weighted by Gasteiger charge is 2.23. The van der Waals surface area contributed by atoms with E-state index in [9.17, 15) is 9.59 Å². The second-order valence-electron chi connectivity index (χ2n) is 4.17. The summed E-state index contributed by atoms with van der Waals surface area (Å²) in [5, 5.41) is -0.343. The molecular weight excluding hydrogens is 212 g/mol. The molecule has 0 aliphatic carbocycles. The molecule has 2 amide bonds. The van der Waals surface area contributed by atoms with Crippen LogP contribution < -0.4 is 0 Å². The topological polar surface area (TPSA) is 40.6 Å². The highest BCUT2D eigenvalue weighted by atomic mass is 32.1. The van der Waals surface area contributed by atoms with Crippen LogP contribution in [-0.4, -0.2) is 54.6 Å². The van der Waals surface area contributed by atoms with E-state index >= 15 is 0 Å². The number of hydrogen-bond acceptors (Lipinski definition) is 3. The van der Waals surface area contributed by atoms with Gasteiger partial charge in [0.25, 0.3) is 0 Å². The van der Waals surface area contributed by atoms with Gasteiger partial charge in [0.2, 0.25) is 11.8 Å². The van der Waals surface area contributed by atoms with Crippen molar-refractivity contribution in [2.75, 3.05) is 27.7 Å². The maximum atomic E-state index is 11.7.